The van der Waals surface area contributed by atoms with Crippen LogP contribution in [0.3, 0.4) is 0 Å². The van der Waals surface area contributed by atoms with Crippen LogP contribution in [0.5, 0.6) is 0 Å². The van der Waals surface area contributed by atoms with E-state index >= 15 is 0 Å². The number of anilines is 1. The van der Waals surface area contributed by atoms with Gasteiger partial charge in [-0.2, -0.15) is 0 Å². The molecule has 1 N–H and O–H groups in total. The van der Waals surface area contributed by atoms with E-state index in [9.17, 15) is 9.18 Å². The zero-order chi connectivity index (χ0) is 13.8. The van der Waals surface area contributed by atoms with E-state index in [4.69, 9.17) is 15.4 Å². The van der Waals surface area contributed by atoms with Gasteiger partial charge in [-0.15, -0.1) is 0 Å². The van der Waals surface area contributed by atoms with E-state index in [1.165, 1.54) is 23.1 Å². The Kier molecular flexibility index (Phi) is 3.84. The van der Waals surface area contributed by atoms with E-state index in [-0.39, 0.29) is 25.3 Å². The molecule has 0 radical (unpaired) electrons. The minimum absolute atomic E-state index is 0.0909. The number of aliphatic hydroxyl groups excluding tert-OH is 1. The first kappa shape index (κ1) is 13.1. The van der Waals surface area contributed by atoms with Crippen molar-refractivity contribution in [2.24, 2.45) is 5.11 Å². The first-order valence-corrected chi connectivity index (χ1v) is 5.54. The first-order chi connectivity index (χ1) is 9.15. The quantitative estimate of drug-likeness (QED) is 0.512. The minimum atomic E-state index is -0.624. The Morgan fingerprint density at radius 3 is 3.00 bits per heavy atom. The number of carbonyl (C=O) groups is 1. The summed E-state index contributed by atoms with van der Waals surface area (Å²) in [4.78, 5) is 15.3. The number of nitrogens with zero attached hydrogens (tertiary/aromatic N) is 4. The fourth-order valence-corrected chi connectivity index (χ4v) is 1.77. The van der Waals surface area contributed by atoms with E-state index in [1.807, 2.05) is 0 Å². The summed E-state index contributed by atoms with van der Waals surface area (Å²) < 4.78 is 18.6. The number of carbonyl (C=O) groups excluding carboxylic acids is 1. The highest BCUT2D eigenvalue weighted by atomic mass is 19.1. The third-order valence-corrected chi connectivity index (χ3v) is 2.73. The lowest BCUT2D eigenvalue weighted by molar-refractivity contribution is 0.0963. The largest absolute Gasteiger partial charge is 0.441 e. The topological polar surface area (TPSA) is 98.5 Å². The molecule has 0 spiro atoms. The van der Waals surface area contributed by atoms with Gasteiger partial charge in [0.2, 0.25) is 0 Å². The number of rotatable bonds is 4. The van der Waals surface area contributed by atoms with E-state index in [2.05, 4.69) is 10.0 Å². The van der Waals surface area contributed by atoms with Crippen molar-refractivity contribution in [1.29, 1.82) is 0 Å². The maximum Gasteiger partial charge on any atom is 0.414 e. The van der Waals surface area contributed by atoms with Crippen molar-refractivity contribution in [3.63, 3.8) is 0 Å². The van der Waals surface area contributed by atoms with Gasteiger partial charge in [-0.1, -0.05) is 11.2 Å². The maximum absolute atomic E-state index is 13.7. The molecule has 0 saturated carbocycles. The summed E-state index contributed by atoms with van der Waals surface area (Å²) in [6.45, 7) is -0.198. The molecule has 1 aromatic carbocycles. The van der Waals surface area contributed by atoms with Crippen molar-refractivity contribution >= 4 is 11.8 Å². The molecular weight excluding hydrogens is 255 g/mol. The average Bonchev–Trinajstić information content (AvgIpc) is 2.78. The maximum atomic E-state index is 13.7. The summed E-state index contributed by atoms with van der Waals surface area (Å²) in [5.41, 5.74) is 8.76. The average molecular weight is 266 g/mol. The molecule has 19 heavy (non-hydrogen) atoms. The van der Waals surface area contributed by atoms with Crippen molar-refractivity contribution in [1.82, 2.24) is 0 Å². The molecule has 0 bridgehead atoms. The van der Waals surface area contributed by atoms with Crippen LogP contribution in [0, 0.1) is 5.82 Å². The van der Waals surface area contributed by atoms with Gasteiger partial charge in [0.1, 0.15) is 11.9 Å². The molecule has 7 nitrogen and oxygen atoms in total. The third-order valence-electron chi connectivity index (χ3n) is 2.73. The lowest BCUT2D eigenvalue weighted by Crippen LogP contribution is -2.25. The highest BCUT2D eigenvalue weighted by Crippen LogP contribution is 2.24. The van der Waals surface area contributed by atoms with Crippen LogP contribution in [0.4, 0.5) is 14.9 Å². The molecule has 8 heteroatoms. The second-order valence-corrected chi connectivity index (χ2v) is 3.96. The van der Waals surface area contributed by atoms with Crippen LogP contribution in [0.15, 0.2) is 23.3 Å². The molecule has 1 heterocycles. The summed E-state index contributed by atoms with van der Waals surface area (Å²) in [5, 5.41) is 12.2. The first-order valence-electron chi connectivity index (χ1n) is 5.54. The van der Waals surface area contributed by atoms with Crippen molar-refractivity contribution in [3.05, 3.63) is 40.0 Å². The standard InChI is InChI=1S/C11H11FN4O3/c12-10-3-8(2-1-7(10)4-14-15-13)16-5-9(6-17)19-11(16)18/h1-3,9,17H,4-6H2/t9-/m1/s1. The summed E-state index contributed by atoms with van der Waals surface area (Å²) >= 11 is 0. The molecule has 1 atom stereocenters. The van der Waals surface area contributed by atoms with Crippen molar-refractivity contribution in [3.8, 4) is 0 Å². The van der Waals surface area contributed by atoms with E-state index in [1.54, 1.807) is 0 Å². The summed E-state index contributed by atoms with van der Waals surface area (Å²) in [7, 11) is 0. The lowest BCUT2D eigenvalue weighted by Gasteiger charge is -2.13. The van der Waals surface area contributed by atoms with E-state index < -0.39 is 18.0 Å². The Bertz CT molecular complexity index is 545. The molecule has 1 fully saturated rings. The number of amides is 1. The highest BCUT2D eigenvalue weighted by molar-refractivity contribution is 5.89. The zero-order valence-electron chi connectivity index (χ0n) is 9.86. The summed E-state index contributed by atoms with van der Waals surface area (Å²) in [5.74, 6) is -0.565. The molecule has 0 aromatic heterocycles. The van der Waals surface area contributed by atoms with Crippen LogP contribution in [0.25, 0.3) is 10.4 Å². The number of cyclic esters (lactones) is 1. The van der Waals surface area contributed by atoms with Gasteiger partial charge in [0.15, 0.2) is 0 Å². The fraction of sp³-hybridized carbons (Fsp3) is 0.364. The van der Waals surface area contributed by atoms with Gasteiger partial charge in [-0.25, -0.2) is 9.18 Å². The predicted molar refractivity (Wildman–Crippen MR) is 64.0 cm³/mol. The van der Waals surface area contributed by atoms with Crippen molar-refractivity contribution < 1.29 is 19.0 Å². The Morgan fingerprint density at radius 1 is 1.63 bits per heavy atom. The van der Waals surface area contributed by atoms with Crippen molar-refractivity contribution in [2.45, 2.75) is 12.6 Å². The van der Waals surface area contributed by atoms with Crippen LogP contribution in [0.2, 0.25) is 0 Å². The molecule has 1 saturated heterocycles. The summed E-state index contributed by atoms with van der Waals surface area (Å²) in [6.07, 6.45) is -1.22. The fourth-order valence-electron chi connectivity index (χ4n) is 1.77. The van der Waals surface area contributed by atoms with Crippen LogP contribution >= 0.6 is 0 Å². The van der Waals surface area contributed by atoms with Gasteiger partial charge in [-0.05, 0) is 23.2 Å². The van der Waals surface area contributed by atoms with Gasteiger partial charge in [0.25, 0.3) is 0 Å². The molecule has 1 aliphatic rings. The molecular formula is C11H11FN4O3. The Hall–Kier alpha value is -2.31. The number of hydrogen-bond donors (Lipinski definition) is 1. The Labute approximate surface area is 107 Å². The third kappa shape index (κ3) is 2.75. The van der Waals surface area contributed by atoms with Crippen molar-refractivity contribution in [2.75, 3.05) is 18.1 Å². The smallest absolute Gasteiger partial charge is 0.414 e. The molecule has 100 valence electrons. The van der Waals surface area contributed by atoms with Crippen LogP contribution in [-0.4, -0.2) is 30.5 Å². The Morgan fingerprint density at radius 2 is 2.42 bits per heavy atom. The van der Waals surface area contributed by atoms with Crippen LogP contribution in [-0.2, 0) is 11.3 Å². The van der Waals surface area contributed by atoms with Gasteiger partial charge < -0.3 is 9.84 Å². The second kappa shape index (κ2) is 5.55. The number of azide groups is 1. The normalized spacial score (nSPS) is 18.1. The zero-order valence-corrected chi connectivity index (χ0v) is 9.86. The van der Waals surface area contributed by atoms with Crippen LogP contribution < -0.4 is 4.90 Å². The monoisotopic (exact) mass is 266 g/mol. The molecule has 0 aliphatic carbocycles. The number of aliphatic hydroxyl groups is 1. The Balaban J connectivity index is 2.20. The minimum Gasteiger partial charge on any atom is -0.441 e. The molecule has 1 amide bonds. The van der Waals surface area contributed by atoms with Crippen LogP contribution in [0.1, 0.15) is 5.56 Å². The molecule has 1 aromatic rings. The number of benzene rings is 1. The van der Waals surface area contributed by atoms with Gasteiger partial charge in [-0.3, -0.25) is 4.90 Å². The highest BCUT2D eigenvalue weighted by Gasteiger charge is 2.32. The number of halogens is 1. The van der Waals surface area contributed by atoms with Gasteiger partial charge in [0, 0.05) is 4.91 Å². The number of ether oxygens (including phenoxy) is 1. The summed E-state index contributed by atoms with van der Waals surface area (Å²) in [6, 6.07) is 4.15. The second-order valence-electron chi connectivity index (χ2n) is 3.96. The molecule has 0 unspecified atom stereocenters. The number of hydrogen-bond acceptors (Lipinski definition) is 4. The SMILES string of the molecule is [N-]=[N+]=NCc1ccc(N2C[C@H](CO)OC2=O)cc1F. The van der Waals surface area contributed by atoms with Gasteiger partial charge in [0.05, 0.1) is 25.4 Å². The molecule has 1 aliphatic heterocycles. The lowest BCUT2D eigenvalue weighted by atomic mass is 10.2. The van der Waals surface area contributed by atoms with E-state index in [0.29, 0.717) is 5.69 Å². The van der Waals surface area contributed by atoms with Gasteiger partial charge >= 0.3 is 6.09 Å². The molecule has 2 rings (SSSR count). The predicted octanol–water partition coefficient (Wildman–Crippen LogP) is 1.95. The van der Waals surface area contributed by atoms with E-state index in [0.717, 1.165) is 0 Å².